The summed E-state index contributed by atoms with van der Waals surface area (Å²) in [4.78, 5) is 18.9. The van der Waals surface area contributed by atoms with Crippen molar-refractivity contribution in [3.05, 3.63) is 71.2 Å². The number of pyridine rings is 1. The molecule has 132 valence electrons. The summed E-state index contributed by atoms with van der Waals surface area (Å²) in [5, 5.41) is 1.14. The molecule has 0 aliphatic carbocycles. The van der Waals surface area contributed by atoms with E-state index in [4.69, 9.17) is 9.98 Å². The minimum absolute atomic E-state index is 0.860. The quantitative estimate of drug-likeness (QED) is 0.518. The van der Waals surface area contributed by atoms with E-state index in [9.17, 15) is 0 Å². The van der Waals surface area contributed by atoms with Crippen molar-refractivity contribution in [3.63, 3.8) is 0 Å². The van der Waals surface area contributed by atoms with Crippen molar-refractivity contribution in [1.82, 2.24) is 15.0 Å². The fourth-order valence-electron chi connectivity index (χ4n) is 3.81. The van der Waals surface area contributed by atoms with Crippen molar-refractivity contribution in [2.45, 2.75) is 33.1 Å². The Balaban J connectivity index is 1.41. The number of aliphatic imine (C=N–C) groups is 1. The van der Waals surface area contributed by atoms with Crippen molar-refractivity contribution in [2.24, 2.45) is 4.99 Å². The summed E-state index contributed by atoms with van der Waals surface area (Å²) in [6.45, 7) is 4.18. The molecule has 2 aromatic heterocycles. The van der Waals surface area contributed by atoms with Gasteiger partial charge in [-0.3, -0.25) is 15.0 Å². The van der Waals surface area contributed by atoms with Crippen LogP contribution in [0.3, 0.4) is 0 Å². The fourth-order valence-corrected chi connectivity index (χ4v) is 3.81. The molecule has 27 heavy (non-hydrogen) atoms. The third kappa shape index (κ3) is 2.78. The molecular weight excluding hydrogens is 332 g/mol. The molecule has 0 unspecified atom stereocenters. The molecule has 0 saturated heterocycles. The van der Waals surface area contributed by atoms with Crippen molar-refractivity contribution in [1.29, 1.82) is 0 Å². The number of fused-ring (bicyclic) bond motifs is 4. The maximum atomic E-state index is 4.92. The van der Waals surface area contributed by atoms with Gasteiger partial charge in [0.2, 0.25) is 0 Å². The number of nitrogens with zero attached hydrogens (tertiary/aromatic N) is 4. The van der Waals surface area contributed by atoms with Gasteiger partial charge in [-0.05, 0) is 61.6 Å². The molecule has 0 saturated carbocycles. The van der Waals surface area contributed by atoms with Crippen LogP contribution in [0, 0.1) is 13.8 Å². The highest BCUT2D eigenvalue weighted by atomic mass is 14.8. The van der Waals surface area contributed by atoms with Crippen molar-refractivity contribution in [2.75, 3.05) is 0 Å². The fraction of sp³-hybridized carbons (Fsp3) is 0.217. The molecule has 1 aliphatic rings. The van der Waals surface area contributed by atoms with E-state index in [-0.39, 0.29) is 0 Å². The average molecular weight is 352 g/mol. The number of aromatic nitrogens is 3. The molecule has 0 N–H and O–H groups in total. The summed E-state index contributed by atoms with van der Waals surface area (Å²) in [6.07, 6.45) is 6.42. The molecule has 4 aromatic rings. The second kappa shape index (κ2) is 6.23. The summed E-state index contributed by atoms with van der Waals surface area (Å²) in [7, 11) is 0. The highest BCUT2D eigenvalue weighted by Gasteiger charge is 2.17. The lowest BCUT2D eigenvalue weighted by Gasteiger charge is -2.07. The average Bonchev–Trinajstić information content (AvgIpc) is 3.13. The Hall–Kier alpha value is -3.14. The van der Waals surface area contributed by atoms with Crippen LogP contribution in [0.5, 0.6) is 0 Å². The van der Waals surface area contributed by atoms with Gasteiger partial charge in [0.25, 0.3) is 0 Å². The zero-order chi connectivity index (χ0) is 18.4. The third-order valence-electron chi connectivity index (χ3n) is 5.33. The molecule has 3 heterocycles. The lowest BCUT2D eigenvalue weighted by molar-refractivity contribution is 0.957. The number of benzene rings is 2. The van der Waals surface area contributed by atoms with E-state index in [1.54, 1.807) is 0 Å². The van der Waals surface area contributed by atoms with Crippen LogP contribution >= 0.6 is 0 Å². The molecular formula is C23H20N4. The van der Waals surface area contributed by atoms with E-state index in [1.165, 1.54) is 22.4 Å². The van der Waals surface area contributed by atoms with Gasteiger partial charge in [-0.25, -0.2) is 4.98 Å². The molecule has 0 atom stereocenters. The first-order valence-corrected chi connectivity index (χ1v) is 9.34. The van der Waals surface area contributed by atoms with Crippen LogP contribution in [0.1, 0.15) is 28.8 Å². The smallest absolute Gasteiger partial charge is 0.0921 e. The molecule has 4 heteroatoms. The Morgan fingerprint density at radius 3 is 2.63 bits per heavy atom. The Morgan fingerprint density at radius 2 is 1.74 bits per heavy atom. The highest BCUT2D eigenvalue weighted by Crippen LogP contribution is 2.34. The van der Waals surface area contributed by atoms with E-state index in [0.29, 0.717) is 0 Å². The SMILES string of the molecule is Cc1ccc(C)c2nc(CCC3=Nc4c(ccc5ncccc45)C3)cnc12. The van der Waals surface area contributed by atoms with E-state index in [0.717, 1.165) is 52.6 Å². The predicted molar refractivity (Wildman–Crippen MR) is 110 cm³/mol. The summed E-state index contributed by atoms with van der Waals surface area (Å²) < 4.78 is 0. The second-order valence-corrected chi connectivity index (χ2v) is 7.26. The van der Waals surface area contributed by atoms with Gasteiger partial charge in [0.05, 0.1) is 27.9 Å². The zero-order valence-electron chi connectivity index (χ0n) is 15.5. The first kappa shape index (κ1) is 16.1. The van der Waals surface area contributed by atoms with Crippen LogP contribution in [0.4, 0.5) is 5.69 Å². The van der Waals surface area contributed by atoms with Gasteiger partial charge in [0.15, 0.2) is 0 Å². The van der Waals surface area contributed by atoms with Crippen molar-refractivity contribution >= 4 is 33.3 Å². The molecule has 0 radical (unpaired) electrons. The molecule has 1 aliphatic heterocycles. The van der Waals surface area contributed by atoms with E-state index < -0.39 is 0 Å². The summed E-state index contributed by atoms with van der Waals surface area (Å²) in [5.74, 6) is 0. The summed E-state index contributed by atoms with van der Waals surface area (Å²) in [6, 6.07) is 12.6. The number of hydrogen-bond donors (Lipinski definition) is 0. The first-order chi connectivity index (χ1) is 13.2. The lowest BCUT2D eigenvalue weighted by atomic mass is 10.0. The van der Waals surface area contributed by atoms with Crippen LogP contribution in [0.15, 0.2) is 53.8 Å². The second-order valence-electron chi connectivity index (χ2n) is 7.26. The molecule has 4 nitrogen and oxygen atoms in total. The first-order valence-electron chi connectivity index (χ1n) is 9.34. The number of rotatable bonds is 3. The normalized spacial score (nSPS) is 13.2. The molecule has 0 amide bonds. The molecule has 2 aromatic carbocycles. The van der Waals surface area contributed by atoms with Gasteiger partial charge in [-0.2, -0.15) is 0 Å². The predicted octanol–water partition coefficient (Wildman–Crippen LogP) is 5.06. The number of aryl methyl sites for hydroxylation is 3. The van der Waals surface area contributed by atoms with Crippen molar-refractivity contribution in [3.8, 4) is 0 Å². The van der Waals surface area contributed by atoms with Crippen LogP contribution in [0.25, 0.3) is 21.9 Å². The van der Waals surface area contributed by atoms with Crippen molar-refractivity contribution < 1.29 is 0 Å². The van der Waals surface area contributed by atoms with Gasteiger partial charge in [0.1, 0.15) is 0 Å². The van der Waals surface area contributed by atoms with Gasteiger partial charge in [-0.1, -0.05) is 18.2 Å². The van der Waals surface area contributed by atoms with Crippen LogP contribution in [-0.2, 0) is 12.8 Å². The van der Waals surface area contributed by atoms with Crippen LogP contribution in [-0.4, -0.2) is 20.7 Å². The van der Waals surface area contributed by atoms with E-state index in [1.807, 2.05) is 18.5 Å². The molecule has 0 bridgehead atoms. The summed E-state index contributed by atoms with van der Waals surface area (Å²) in [5.41, 5.74) is 10.00. The largest absolute Gasteiger partial charge is 0.256 e. The Morgan fingerprint density at radius 1 is 0.889 bits per heavy atom. The zero-order valence-corrected chi connectivity index (χ0v) is 15.5. The lowest BCUT2D eigenvalue weighted by Crippen LogP contribution is -2.03. The van der Waals surface area contributed by atoms with E-state index in [2.05, 4.69) is 54.1 Å². The van der Waals surface area contributed by atoms with Crippen LogP contribution in [0.2, 0.25) is 0 Å². The van der Waals surface area contributed by atoms with Gasteiger partial charge in [-0.15, -0.1) is 0 Å². The van der Waals surface area contributed by atoms with Gasteiger partial charge >= 0.3 is 0 Å². The standard InChI is InChI=1S/C23H20N4/c1-14-5-6-15(2)22-21(14)25-13-18(27-22)9-8-17-12-16-7-10-20-19(23(16)26-17)4-3-11-24-20/h3-7,10-11,13H,8-9,12H2,1-2H3. The van der Waals surface area contributed by atoms with Crippen LogP contribution < -0.4 is 0 Å². The Labute approximate surface area is 158 Å². The Kier molecular flexibility index (Phi) is 3.71. The maximum absolute atomic E-state index is 4.92. The highest BCUT2D eigenvalue weighted by molar-refractivity contribution is 6.02. The minimum atomic E-state index is 0.860. The monoisotopic (exact) mass is 352 g/mol. The Bertz CT molecular complexity index is 1220. The molecule has 0 spiro atoms. The maximum Gasteiger partial charge on any atom is 0.0921 e. The minimum Gasteiger partial charge on any atom is -0.256 e. The summed E-state index contributed by atoms with van der Waals surface area (Å²) >= 11 is 0. The van der Waals surface area contributed by atoms with Gasteiger partial charge < -0.3 is 0 Å². The topological polar surface area (TPSA) is 51.0 Å². The number of hydrogen-bond acceptors (Lipinski definition) is 4. The third-order valence-corrected chi connectivity index (χ3v) is 5.33. The van der Waals surface area contributed by atoms with E-state index >= 15 is 0 Å². The van der Waals surface area contributed by atoms with Gasteiger partial charge in [0, 0.05) is 29.9 Å². The molecule has 0 fully saturated rings. The molecule has 5 rings (SSSR count).